The van der Waals surface area contributed by atoms with Gasteiger partial charge in [-0.25, -0.2) is 0 Å². The third-order valence-electron chi connectivity index (χ3n) is 2.38. The van der Waals surface area contributed by atoms with E-state index in [9.17, 15) is 10.1 Å². The summed E-state index contributed by atoms with van der Waals surface area (Å²) in [6, 6.07) is 8.46. The molecule has 0 unspecified atom stereocenters. The van der Waals surface area contributed by atoms with Crippen LogP contribution in [0.5, 0.6) is 5.75 Å². The molecule has 2 aromatic rings. The van der Waals surface area contributed by atoms with Crippen molar-refractivity contribution in [1.82, 2.24) is 4.68 Å². The summed E-state index contributed by atoms with van der Waals surface area (Å²) in [4.78, 5) is 10.5. The summed E-state index contributed by atoms with van der Waals surface area (Å²) in [7, 11) is 0. The summed E-state index contributed by atoms with van der Waals surface area (Å²) >= 11 is 0. The lowest BCUT2D eigenvalue weighted by atomic mass is 10.2. The van der Waals surface area contributed by atoms with Gasteiger partial charge in [-0.2, -0.15) is 0 Å². The van der Waals surface area contributed by atoms with E-state index in [0.717, 1.165) is 5.69 Å². The quantitative estimate of drug-likeness (QED) is 0.663. The molecule has 0 fully saturated rings. The lowest BCUT2D eigenvalue weighted by Crippen LogP contribution is -2.09. The molecule has 0 amide bonds. The molecule has 0 bridgehead atoms. The maximum atomic E-state index is 10.9. The van der Waals surface area contributed by atoms with Gasteiger partial charge in [0.2, 0.25) is 0 Å². The Morgan fingerprint density at radius 3 is 2.58 bits per heavy atom. The van der Waals surface area contributed by atoms with Gasteiger partial charge in [-0.3, -0.25) is 20.2 Å². The second kappa shape index (κ2) is 5.43. The maximum Gasteiger partial charge on any atom is 0.311 e. The Labute approximate surface area is 110 Å². The van der Waals surface area contributed by atoms with Crippen molar-refractivity contribution in [2.45, 2.75) is 20.0 Å². The number of nitro benzene ring substituents is 1. The number of nitrogens with zero attached hydrogens (tertiary/aromatic N) is 2. The zero-order chi connectivity index (χ0) is 13.8. The minimum absolute atomic E-state index is 0.0354. The highest BCUT2D eigenvalue weighted by molar-refractivity contribution is 5.57. The molecule has 100 valence electrons. The van der Waals surface area contributed by atoms with Crippen LogP contribution in [-0.4, -0.2) is 15.7 Å². The normalized spacial score (nSPS) is 10.5. The first-order valence-electron chi connectivity index (χ1n) is 5.91. The summed E-state index contributed by atoms with van der Waals surface area (Å²) in [5.74, 6) is 0.261. The lowest BCUT2D eigenvalue weighted by Gasteiger charge is -2.12. The molecule has 1 aromatic carbocycles. The minimum Gasteiger partial charge on any atom is -0.484 e. The molecule has 0 saturated heterocycles. The van der Waals surface area contributed by atoms with Gasteiger partial charge >= 0.3 is 5.69 Å². The molecule has 6 nitrogen and oxygen atoms in total. The number of rotatable bonds is 5. The summed E-state index contributed by atoms with van der Waals surface area (Å²) in [5, 5.41) is 10.9. The Morgan fingerprint density at radius 1 is 1.32 bits per heavy atom. The first-order chi connectivity index (χ1) is 9.06. The maximum absolute atomic E-state index is 10.9. The molecule has 0 aliphatic heterocycles. The molecule has 0 aliphatic carbocycles. The largest absolute Gasteiger partial charge is 0.484 e. The monoisotopic (exact) mass is 261 g/mol. The molecule has 1 aromatic heterocycles. The van der Waals surface area contributed by atoms with Gasteiger partial charge in [0.1, 0.15) is 0 Å². The Bertz CT molecular complexity index is 565. The van der Waals surface area contributed by atoms with Gasteiger partial charge in [0.25, 0.3) is 0 Å². The first-order valence-corrected chi connectivity index (χ1v) is 5.91. The van der Waals surface area contributed by atoms with Crippen molar-refractivity contribution in [3.05, 3.63) is 52.8 Å². The smallest absolute Gasteiger partial charge is 0.311 e. The molecule has 6 heteroatoms. The van der Waals surface area contributed by atoms with E-state index in [-0.39, 0.29) is 17.5 Å². The lowest BCUT2D eigenvalue weighted by molar-refractivity contribution is -0.386. The fraction of sp³-hybridized carbons (Fsp3) is 0.231. The first kappa shape index (κ1) is 12.9. The number of benzene rings is 1. The van der Waals surface area contributed by atoms with E-state index in [2.05, 4.69) is 5.43 Å². The summed E-state index contributed by atoms with van der Waals surface area (Å²) in [5.41, 5.74) is 3.76. The number of nitrogens with one attached hydrogen (secondary N) is 1. The van der Waals surface area contributed by atoms with Crippen molar-refractivity contribution in [3.63, 3.8) is 0 Å². The number of ether oxygens (including phenoxy) is 1. The van der Waals surface area contributed by atoms with Crippen molar-refractivity contribution < 1.29 is 9.66 Å². The van der Waals surface area contributed by atoms with Gasteiger partial charge in [0, 0.05) is 24.5 Å². The molecule has 0 spiro atoms. The second-order valence-electron chi connectivity index (χ2n) is 4.31. The highest BCUT2D eigenvalue weighted by Gasteiger charge is 2.16. The Balaban J connectivity index is 2.29. The summed E-state index contributed by atoms with van der Waals surface area (Å²) in [6.07, 6.45) is 3.55. The standard InChI is InChI=1S/C13H15N3O3/c1-10(2)19-13-9-11(5-6-12(13)16(17)18)14-15-7-3-4-8-15/h3-10,14H,1-2H3. The number of nitro groups is 1. The molecular formula is C13H15N3O3. The zero-order valence-electron chi connectivity index (χ0n) is 10.7. The number of anilines is 1. The molecule has 0 radical (unpaired) electrons. The molecule has 1 heterocycles. The van der Waals surface area contributed by atoms with E-state index in [4.69, 9.17) is 4.74 Å². The third kappa shape index (κ3) is 3.25. The van der Waals surface area contributed by atoms with E-state index in [1.165, 1.54) is 6.07 Å². The number of hydrogen-bond acceptors (Lipinski definition) is 4. The number of aromatic nitrogens is 1. The van der Waals surface area contributed by atoms with E-state index in [1.54, 1.807) is 16.8 Å². The van der Waals surface area contributed by atoms with Crippen LogP contribution in [-0.2, 0) is 0 Å². The van der Waals surface area contributed by atoms with Crippen LogP contribution < -0.4 is 10.2 Å². The second-order valence-corrected chi connectivity index (χ2v) is 4.31. The van der Waals surface area contributed by atoms with Crippen molar-refractivity contribution in [1.29, 1.82) is 0 Å². The van der Waals surface area contributed by atoms with Crippen molar-refractivity contribution >= 4 is 11.4 Å². The van der Waals surface area contributed by atoms with Crippen molar-refractivity contribution in [2.75, 3.05) is 5.43 Å². The van der Waals surface area contributed by atoms with Crippen molar-refractivity contribution in [3.8, 4) is 5.75 Å². The molecule has 1 N–H and O–H groups in total. The Hall–Kier alpha value is -2.50. The van der Waals surface area contributed by atoms with E-state index < -0.39 is 4.92 Å². The van der Waals surface area contributed by atoms with Crippen LogP contribution in [0.15, 0.2) is 42.7 Å². The van der Waals surface area contributed by atoms with Gasteiger partial charge in [-0.15, -0.1) is 0 Å². The van der Waals surface area contributed by atoms with Crippen molar-refractivity contribution in [2.24, 2.45) is 0 Å². The van der Waals surface area contributed by atoms with Crippen LogP contribution in [0, 0.1) is 10.1 Å². The zero-order valence-corrected chi connectivity index (χ0v) is 10.7. The molecule has 2 rings (SSSR count). The highest BCUT2D eigenvalue weighted by atomic mass is 16.6. The van der Waals surface area contributed by atoms with E-state index in [0.29, 0.717) is 0 Å². The van der Waals surface area contributed by atoms with Crippen LogP contribution in [0.2, 0.25) is 0 Å². The van der Waals surface area contributed by atoms with Gasteiger partial charge < -0.3 is 4.74 Å². The fourth-order valence-electron chi connectivity index (χ4n) is 1.64. The Morgan fingerprint density at radius 2 is 2.00 bits per heavy atom. The molecule has 0 saturated carbocycles. The predicted molar refractivity (Wildman–Crippen MR) is 72.3 cm³/mol. The van der Waals surface area contributed by atoms with E-state index >= 15 is 0 Å². The fourth-order valence-corrected chi connectivity index (χ4v) is 1.64. The Kier molecular flexibility index (Phi) is 3.70. The van der Waals surface area contributed by atoms with E-state index in [1.807, 2.05) is 38.4 Å². The summed E-state index contributed by atoms with van der Waals surface area (Å²) in [6.45, 7) is 3.66. The third-order valence-corrected chi connectivity index (χ3v) is 2.38. The van der Waals surface area contributed by atoms with Crippen LogP contribution in [0.1, 0.15) is 13.8 Å². The minimum atomic E-state index is -0.447. The molecule has 0 aliphatic rings. The molecule has 0 atom stereocenters. The van der Waals surface area contributed by atoms with Gasteiger partial charge in [0.05, 0.1) is 16.7 Å². The summed E-state index contributed by atoms with van der Waals surface area (Å²) < 4.78 is 7.23. The van der Waals surface area contributed by atoms with Gasteiger partial charge in [0.15, 0.2) is 5.75 Å². The van der Waals surface area contributed by atoms with Crippen LogP contribution in [0.4, 0.5) is 11.4 Å². The van der Waals surface area contributed by atoms with Gasteiger partial charge in [-0.05, 0) is 32.0 Å². The molecular weight excluding hydrogens is 246 g/mol. The molecule has 19 heavy (non-hydrogen) atoms. The number of hydrogen-bond donors (Lipinski definition) is 1. The van der Waals surface area contributed by atoms with Crippen LogP contribution in [0.25, 0.3) is 0 Å². The highest BCUT2D eigenvalue weighted by Crippen LogP contribution is 2.30. The van der Waals surface area contributed by atoms with Crippen LogP contribution in [0.3, 0.4) is 0 Å². The van der Waals surface area contributed by atoms with Crippen LogP contribution >= 0.6 is 0 Å². The topological polar surface area (TPSA) is 69.3 Å². The average Bonchev–Trinajstić information content (AvgIpc) is 2.80. The van der Waals surface area contributed by atoms with Gasteiger partial charge in [-0.1, -0.05) is 0 Å². The SMILES string of the molecule is CC(C)Oc1cc(Nn2cccc2)ccc1[N+](=O)[O-]. The average molecular weight is 261 g/mol. The predicted octanol–water partition coefficient (Wildman–Crippen LogP) is 3.06.